The fourth-order valence-electron chi connectivity index (χ4n) is 2.20. The molecule has 0 spiro atoms. The Morgan fingerprint density at radius 2 is 1.94 bits per heavy atom. The summed E-state index contributed by atoms with van der Waals surface area (Å²) in [5.74, 6) is -2.36. The lowest BCUT2D eigenvalue weighted by Crippen LogP contribution is -2.30. The van der Waals surface area contributed by atoms with Gasteiger partial charge in [-0.3, -0.25) is 9.59 Å². The third-order valence-electron chi connectivity index (χ3n) is 3.20. The summed E-state index contributed by atoms with van der Waals surface area (Å²) in [7, 11) is 1.24. The smallest absolute Gasteiger partial charge is 0.307 e. The van der Waals surface area contributed by atoms with Gasteiger partial charge in [-0.2, -0.15) is 0 Å². The van der Waals surface area contributed by atoms with E-state index in [2.05, 4.69) is 4.74 Å². The molecule has 1 rings (SSSR count). The van der Waals surface area contributed by atoms with Crippen molar-refractivity contribution < 1.29 is 23.8 Å². The van der Waals surface area contributed by atoms with Crippen molar-refractivity contribution in [2.24, 2.45) is 11.8 Å². The van der Waals surface area contributed by atoms with Crippen LogP contribution >= 0.6 is 0 Å². The maximum absolute atomic E-state index is 12.9. The van der Waals surface area contributed by atoms with Gasteiger partial charge < -0.3 is 9.84 Å². The SMILES string of the molecule is COC(=O)C[C@@H](C(=O)O)C1CCC(F)CC1. The van der Waals surface area contributed by atoms with Crippen LogP contribution in [0.4, 0.5) is 4.39 Å². The van der Waals surface area contributed by atoms with Crippen molar-refractivity contribution in [3.63, 3.8) is 0 Å². The first-order valence-electron chi connectivity index (χ1n) is 5.48. The molecule has 0 amide bonds. The monoisotopic (exact) mass is 232 g/mol. The van der Waals surface area contributed by atoms with E-state index in [9.17, 15) is 14.0 Å². The molecule has 0 heterocycles. The highest BCUT2D eigenvalue weighted by Crippen LogP contribution is 2.33. The number of alkyl halides is 1. The van der Waals surface area contributed by atoms with E-state index in [0.717, 1.165) is 0 Å². The van der Waals surface area contributed by atoms with E-state index < -0.39 is 24.0 Å². The number of hydrogen-bond donors (Lipinski definition) is 1. The molecule has 1 aliphatic carbocycles. The minimum absolute atomic E-state index is 0.108. The van der Waals surface area contributed by atoms with E-state index in [1.807, 2.05) is 0 Å². The predicted octanol–water partition coefficient (Wildman–Crippen LogP) is 1.78. The largest absolute Gasteiger partial charge is 0.481 e. The molecule has 0 aromatic carbocycles. The number of rotatable bonds is 4. The van der Waals surface area contributed by atoms with Crippen molar-refractivity contribution in [3.05, 3.63) is 0 Å². The van der Waals surface area contributed by atoms with Crippen LogP contribution in [0.2, 0.25) is 0 Å². The predicted molar refractivity (Wildman–Crippen MR) is 54.6 cm³/mol. The van der Waals surface area contributed by atoms with Crippen LogP contribution in [0.5, 0.6) is 0 Å². The second-order valence-electron chi connectivity index (χ2n) is 4.24. The number of halogens is 1. The molecule has 1 aliphatic rings. The number of ether oxygens (including phenoxy) is 1. The average Bonchev–Trinajstić information content (AvgIpc) is 2.26. The minimum Gasteiger partial charge on any atom is -0.481 e. The van der Waals surface area contributed by atoms with Gasteiger partial charge in [0, 0.05) is 0 Å². The van der Waals surface area contributed by atoms with E-state index >= 15 is 0 Å². The van der Waals surface area contributed by atoms with Gasteiger partial charge >= 0.3 is 11.9 Å². The number of hydrogen-bond acceptors (Lipinski definition) is 3. The van der Waals surface area contributed by atoms with Crippen molar-refractivity contribution >= 4 is 11.9 Å². The van der Waals surface area contributed by atoms with Crippen molar-refractivity contribution in [1.82, 2.24) is 0 Å². The fourth-order valence-corrected chi connectivity index (χ4v) is 2.20. The second kappa shape index (κ2) is 5.82. The van der Waals surface area contributed by atoms with Crippen LogP contribution in [-0.2, 0) is 14.3 Å². The highest BCUT2D eigenvalue weighted by atomic mass is 19.1. The topological polar surface area (TPSA) is 63.6 Å². The van der Waals surface area contributed by atoms with Gasteiger partial charge in [0.05, 0.1) is 19.4 Å². The molecule has 0 radical (unpaired) electrons. The zero-order valence-corrected chi connectivity index (χ0v) is 9.32. The molecule has 5 heteroatoms. The number of aliphatic carboxylic acids is 1. The summed E-state index contributed by atoms with van der Waals surface area (Å²) < 4.78 is 17.4. The Morgan fingerprint density at radius 1 is 1.38 bits per heavy atom. The van der Waals surface area contributed by atoms with Gasteiger partial charge in [0.2, 0.25) is 0 Å². The highest BCUT2D eigenvalue weighted by molar-refractivity contribution is 5.78. The van der Waals surface area contributed by atoms with Gasteiger partial charge in [-0.1, -0.05) is 0 Å². The summed E-state index contributed by atoms with van der Waals surface area (Å²) in [5, 5.41) is 9.03. The van der Waals surface area contributed by atoms with E-state index in [1.54, 1.807) is 0 Å². The normalized spacial score (nSPS) is 27.1. The first kappa shape index (κ1) is 12.9. The molecule has 1 saturated carbocycles. The van der Waals surface area contributed by atoms with Gasteiger partial charge in [0.15, 0.2) is 0 Å². The van der Waals surface area contributed by atoms with Gasteiger partial charge in [0.1, 0.15) is 6.17 Å². The lowest BCUT2D eigenvalue weighted by Gasteiger charge is -2.28. The van der Waals surface area contributed by atoms with E-state index in [0.29, 0.717) is 25.7 Å². The summed E-state index contributed by atoms with van der Waals surface area (Å²) in [6.45, 7) is 0. The Labute approximate surface area is 93.8 Å². The number of carboxylic acid groups (broad SMARTS) is 1. The quantitative estimate of drug-likeness (QED) is 0.750. The van der Waals surface area contributed by atoms with Gasteiger partial charge in [-0.05, 0) is 31.6 Å². The molecule has 0 saturated heterocycles. The molecule has 1 fully saturated rings. The van der Waals surface area contributed by atoms with E-state index in [1.165, 1.54) is 7.11 Å². The first-order chi connectivity index (χ1) is 7.54. The number of carboxylic acids is 1. The highest BCUT2D eigenvalue weighted by Gasteiger charge is 2.33. The Hall–Kier alpha value is -1.13. The Balaban J connectivity index is 2.56. The minimum atomic E-state index is -0.993. The molecule has 4 nitrogen and oxygen atoms in total. The molecular weight excluding hydrogens is 215 g/mol. The molecule has 16 heavy (non-hydrogen) atoms. The molecule has 1 atom stereocenters. The summed E-state index contributed by atoms with van der Waals surface area (Å²) in [4.78, 5) is 22.1. The number of esters is 1. The maximum atomic E-state index is 12.9. The third kappa shape index (κ3) is 3.47. The third-order valence-corrected chi connectivity index (χ3v) is 3.20. The Bertz CT molecular complexity index is 259. The van der Waals surface area contributed by atoms with Gasteiger partial charge in [-0.25, -0.2) is 4.39 Å². The van der Waals surface area contributed by atoms with Crippen LogP contribution < -0.4 is 0 Å². The van der Waals surface area contributed by atoms with E-state index in [4.69, 9.17) is 5.11 Å². The Kier molecular flexibility index (Phi) is 4.71. The summed E-state index contributed by atoms with van der Waals surface area (Å²) >= 11 is 0. The zero-order chi connectivity index (χ0) is 12.1. The van der Waals surface area contributed by atoms with Crippen LogP contribution in [0.1, 0.15) is 32.1 Å². The average molecular weight is 232 g/mol. The lowest BCUT2D eigenvalue weighted by atomic mass is 9.78. The molecule has 1 N–H and O–H groups in total. The molecular formula is C11H17FO4. The van der Waals surface area contributed by atoms with Crippen LogP contribution in [0.3, 0.4) is 0 Å². The van der Waals surface area contributed by atoms with Crippen LogP contribution in [0.25, 0.3) is 0 Å². The standard InChI is InChI=1S/C11H17FO4/c1-16-10(13)6-9(11(14)15)7-2-4-8(12)5-3-7/h7-9H,2-6H2,1H3,(H,14,15)/t7?,8?,9-/m1/s1. The molecule has 0 unspecified atom stereocenters. The second-order valence-corrected chi connectivity index (χ2v) is 4.24. The molecule has 0 bridgehead atoms. The lowest BCUT2D eigenvalue weighted by molar-refractivity contribution is -0.152. The Morgan fingerprint density at radius 3 is 2.38 bits per heavy atom. The van der Waals surface area contributed by atoms with Gasteiger partial charge in [-0.15, -0.1) is 0 Å². The zero-order valence-electron chi connectivity index (χ0n) is 9.32. The molecule has 0 aromatic heterocycles. The van der Waals surface area contributed by atoms with Crippen LogP contribution in [-0.4, -0.2) is 30.3 Å². The number of methoxy groups -OCH3 is 1. The van der Waals surface area contributed by atoms with Crippen LogP contribution in [0.15, 0.2) is 0 Å². The number of carbonyl (C=O) groups excluding carboxylic acids is 1. The summed E-state index contributed by atoms with van der Waals surface area (Å²) in [5.41, 5.74) is 0. The number of carbonyl (C=O) groups is 2. The van der Waals surface area contributed by atoms with Crippen molar-refractivity contribution in [2.75, 3.05) is 7.11 Å². The van der Waals surface area contributed by atoms with Crippen molar-refractivity contribution in [3.8, 4) is 0 Å². The van der Waals surface area contributed by atoms with Crippen molar-refractivity contribution in [1.29, 1.82) is 0 Å². The van der Waals surface area contributed by atoms with Gasteiger partial charge in [0.25, 0.3) is 0 Å². The fraction of sp³-hybridized carbons (Fsp3) is 0.818. The first-order valence-corrected chi connectivity index (χ1v) is 5.48. The van der Waals surface area contributed by atoms with Crippen molar-refractivity contribution in [2.45, 2.75) is 38.3 Å². The molecule has 0 aromatic rings. The maximum Gasteiger partial charge on any atom is 0.307 e. The molecule has 0 aliphatic heterocycles. The summed E-state index contributed by atoms with van der Waals surface area (Å²) in [6, 6.07) is 0. The van der Waals surface area contributed by atoms with Crippen LogP contribution in [0, 0.1) is 11.8 Å². The molecule has 92 valence electrons. The van der Waals surface area contributed by atoms with E-state index in [-0.39, 0.29) is 12.3 Å². The summed E-state index contributed by atoms with van der Waals surface area (Å²) in [6.07, 6.45) is 0.937.